The van der Waals surface area contributed by atoms with Gasteiger partial charge >= 0.3 is 39.5 Å². The summed E-state index contributed by atoms with van der Waals surface area (Å²) in [4.78, 5) is 73.0. The number of phosphoric ester groups is 2. The number of hydrogen-bond donors (Lipinski definition) is 3. The van der Waals surface area contributed by atoms with Crippen LogP contribution in [0.15, 0.2) is 0 Å². The van der Waals surface area contributed by atoms with E-state index in [1.165, 1.54) is 212 Å². The molecule has 100 heavy (non-hydrogen) atoms. The van der Waals surface area contributed by atoms with Gasteiger partial charge < -0.3 is 33.8 Å². The number of ether oxygens (including phenoxy) is 4. The predicted molar refractivity (Wildman–Crippen MR) is 409 cm³/mol. The van der Waals surface area contributed by atoms with Crippen LogP contribution in [0.3, 0.4) is 0 Å². The largest absolute Gasteiger partial charge is 0.472 e. The van der Waals surface area contributed by atoms with Crippen LogP contribution in [0.4, 0.5) is 0 Å². The topological polar surface area (TPSA) is 237 Å². The van der Waals surface area contributed by atoms with Crippen LogP contribution in [0.1, 0.15) is 415 Å². The van der Waals surface area contributed by atoms with E-state index in [0.717, 1.165) is 114 Å². The van der Waals surface area contributed by atoms with Gasteiger partial charge in [-0.3, -0.25) is 37.3 Å². The van der Waals surface area contributed by atoms with E-state index >= 15 is 0 Å². The molecule has 0 rings (SSSR count). The second-order valence-electron chi connectivity index (χ2n) is 31.1. The summed E-state index contributed by atoms with van der Waals surface area (Å²) in [7, 11) is -9.92. The lowest BCUT2D eigenvalue weighted by atomic mass is 10.0. The van der Waals surface area contributed by atoms with Gasteiger partial charge in [0, 0.05) is 25.7 Å². The molecule has 19 heteroatoms. The highest BCUT2D eigenvalue weighted by Crippen LogP contribution is 2.45. The summed E-state index contributed by atoms with van der Waals surface area (Å²) in [5.41, 5.74) is 0. The molecule has 3 unspecified atom stereocenters. The van der Waals surface area contributed by atoms with Crippen molar-refractivity contribution in [1.29, 1.82) is 0 Å². The van der Waals surface area contributed by atoms with E-state index in [1.807, 2.05) is 0 Å². The van der Waals surface area contributed by atoms with E-state index in [9.17, 15) is 43.2 Å². The monoisotopic (exact) mass is 1470 g/mol. The number of carbonyl (C=O) groups excluding carboxylic acids is 4. The molecule has 5 atom stereocenters. The van der Waals surface area contributed by atoms with Crippen LogP contribution in [0.25, 0.3) is 0 Å². The second kappa shape index (κ2) is 70.1. The van der Waals surface area contributed by atoms with Crippen molar-refractivity contribution in [3.63, 3.8) is 0 Å². The molecule has 3 N–H and O–H groups in total. The molecule has 17 nitrogen and oxygen atoms in total. The molecule has 0 aliphatic rings. The van der Waals surface area contributed by atoms with Crippen molar-refractivity contribution in [2.75, 3.05) is 39.6 Å². The lowest BCUT2D eigenvalue weighted by Gasteiger charge is -2.21. The van der Waals surface area contributed by atoms with Gasteiger partial charge in [0.25, 0.3) is 0 Å². The number of aliphatic hydroxyl groups is 1. The van der Waals surface area contributed by atoms with Crippen molar-refractivity contribution >= 4 is 39.5 Å². The van der Waals surface area contributed by atoms with Gasteiger partial charge in [-0.05, 0) is 49.4 Å². The molecule has 594 valence electrons. The first-order valence-electron chi connectivity index (χ1n) is 41.7. The number of aliphatic hydroxyl groups excluding tert-OH is 1. The molecule has 0 aliphatic carbocycles. The molecule has 0 aliphatic heterocycles. The van der Waals surface area contributed by atoms with Gasteiger partial charge in [0.15, 0.2) is 12.2 Å². The van der Waals surface area contributed by atoms with Crippen molar-refractivity contribution in [2.24, 2.45) is 23.7 Å². The van der Waals surface area contributed by atoms with Crippen molar-refractivity contribution in [3.8, 4) is 0 Å². The smallest absolute Gasteiger partial charge is 0.462 e. The highest BCUT2D eigenvalue weighted by atomic mass is 31.2. The highest BCUT2D eigenvalue weighted by Gasteiger charge is 2.30. The first kappa shape index (κ1) is 98.1. The summed E-state index contributed by atoms with van der Waals surface area (Å²) in [6.45, 7) is 14.2. The van der Waals surface area contributed by atoms with Crippen molar-refractivity contribution in [3.05, 3.63) is 0 Å². The maximum atomic E-state index is 13.1. The van der Waals surface area contributed by atoms with Crippen LogP contribution in [-0.4, -0.2) is 96.7 Å². The molecule has 0 saturated carbocycles. The molecule has 0 aromatic carbocycles. The Balaban J connectivity index is 5.22. The molecule has 0 spiro atoms. The number of unbranched alkanes of at least 4 members (excludes halogenated alkanes) is 44. The van der Waals surface area contributed by atoms with Gasteiger partial charge in [-0.1, -0.05) is 364 Å². The van der Waals surface area contributed by atoms with Gasteiger partial charge in [0.2, 0.25) is 0 Å². The molecule has 0 saturated heterocycles. The molecule has 0 amide bonds. The first-order chi connectivity index (χ1) is 48.1. The molecule has 0 bridgehead atoms. The zero-order valence-electron chi connectivity index (χ0n) is 65.8. The molecule has 0 aromatic heterocycles. The Morgan fingerprint density at radius 2 is 0.420 bits per heavy atom. The normalized spacial score (nSPS) is 14.0. The Morgan fingerprint density at radius 1 is 0.250 bits per heavy atom. The van der Waals surface area contributed by atoms with Crippen LogP contribution in [0, 0.1) is 23.7 Å². The number of phosphoric acid groups is 2. The Hall–Kier alpha value is -1.94. The molecular weight excluding hydrogens is 1310 g/mol. The lowest BCUT2D eigenvalue weighted by molar-refractivity contribution is -0.161. The number of esters is 4. The van der Waals surface area contributed by atoms with E-state index in [2.05, 4.69) is 55.4 Å². The Labute approximate surface area is 613 Å². The quantitative estimate of drug-likeness (QED) is 0.0222. The fraction of sp³-hybridized carbons (Fsp3) is 0.951. The van der Waals surface area contributed by atoms with E-state index in [0.29, 0.717) is 31.6 Å². The maximum Gasteiger partial charge on any atom is 0.472 e. The standard InChI is InChI=1S/C81H158O17P2/c1-71(2)57-49-41-33-27-21-15-11-9-10-12-17-25-31-37-47-55-64-81(86)98-77(68-92-79(84)62-54-46-40-39-44-52-60-74(7)8)70-96-100(89,90)94-66-75(82)65-93-99(87,88)95-69-76(67-91-78(83)61-53-45-36-30-24-20-19-23-29-35-43-51-59-73(5)6)97-80(85)63-56-48-38-32-26-18-14-13-16-22-28-34-42-50-58-72(3)4/h71-77,82H,9-70H2,1-8H3,(H,87,88)(H,89,90)/t75?,76-,77-/m1/s1. The van der Waals surface area contributed by atoms with Gasteiger partial charge in [-0.25, -0.2) is 9.13 Å². The van der Waals surface area contributed by atoms with Crippen molar-refractivity contribution in [1.82, 2.24) is 0 Å². The summed E-state index contributed by atoms with van der Waals surface area (Å²) in [5, 5.41) is 10.6. The summed E-state index contributed by atoms with van der Waals surface area (Å²) in [6, 6.07) is 0. The average molecular weight is 1470 g/mol. The van der Waals surface area contributed by atoms with Gasteiger partial charge in [-0.15, -0.1) is 0 Å². The first-order valence-corrected chi connectivity index (χ1v) is 44.7. The SMILES string of the molecule is CC(C)CCCCCCCCCCCCCCCCCCC(=O)O[C@H](COC(=O)CCCCCCCCC(C)C)COP(=O)(O)OCC(O)COP(=O)(O)OC[C@@H](COC(=O)CCCCCCCCCCCCCCC(C)C)OC(=O)CCCCCCCCCCCCCCCCC(C)C. The summed E-state index contributed by atoms with van der Waals surface area (Å²) in [6.07, 6.45) is 57.0. The van der Waals surface area contributed by atoms with Crippen LogP contribution < -0.4 is 0 Å². The lowest BCUT2D eigenvalue weighted by Crippen LogP contribution is -2.30. The van der Waals surface area contributed by atoms with Crippen LogP contribution >= 0.6 is 15.6 Å². The minimum atomic E-state index is -4.96. The fourth-order valence-corrected chi connectivity index (χ4v) is 14.0. The molecule has 0 fully saturated rings. The zero-order chi connectivity index (χ0) is 73.8. The maximum absolute atomic E-state index is 13.1. The zero-order valence-corrected chi connectivity index (χ0v) is 67.6. The molecule has 0 aromatic rings. The van der Waals surface area contributed by atoms with Crippen molar-refractivity contribution < 1.29 is 80.2 Å². The predicted octanol–water partition coefficient (Wildman–Crippen LogP) is 24.0. The third-order valence-electron chi connectivity index (χ3n) is 18.8. The minimum absolute atomic E-state index is 0.107. The van der Waals surface area contributed by atoms with Gasteiger partial charge in [-0.2, -0.15) is 0 Å². The number of carbonyl (C=O) groups is 4. The Bertz CT molecular complexity index is 1950. The summed E-state index contributed by atoms with van der Waals surface area (Å²) < 4.78 is 68.7. The summed E-state index contributed by atoms with van der Waals surface area (Å²) >= 11 is 0. The third kappa shape index (κ3) is 74.3. The summed E-state index contributed by atoms with van der Waals surface area (Å²) in [5.74, 6) is 0.950. The van der Waals surface area contributed by atoms with Crippen LogP contribution in [0.5, 0.6) is 0 Å². The van der Waals surface area contributed by atoms with Crippen molar-refractivity contribution in [2.45, 2.75) is 433 Å². The van der Waals surface area contributed by atoms with E-state index in [4.69, 9.17) is 37.0 Å². The average Bonchev–Trinajstić information content (AvgIpc) is 0.936. The molecule has 0 radical (unpaired) electrons. The Kier molecular flexibility index (Phi) is 68.7. The highest BCUT2D eigenvalue weighted by molar-refractivity contribution is 7.47. The molecule has 0 heterocycles. The van der Waals surface area contributed by atoms with E-state index < -0.39 is 97.5 Å². The van der Waals surface area contributed by atoms with Gasteiger partial charge in [0.05, 0.1) is 26.4 Å². The number of hydrogen-bond acceptors (Lipinski definition) is 15. The third-order valence-corrected chi connectivity index (χ3v) is 20.7. The van der Waals surface area contributed by atoms with E-state index in [1.54, 1.807) is 0 Å². The van der Waals surface area contributed by atoms with Gasteiger partial charge in [0.1, 0.15) is 19.3 Å². The fourth-order valence-electron chi connectivity index (χ4n) is 12.4. The van der Waals surface area contributed by atoms with Crippen LogP contribution in [-0.2, 0) is 65.4 Å². The van der Waals surface area contributed by atoms with E-state index in [-0.39, 0.29) is 25.7 Å². The Morgan fingerprint density at radius 3 is 0.620 bits per heavy atom. The second-order valence-corrected chi connectivity index (χ2v) is 34.0. The van der Waals surface area contributed by atoms with Crippen LogP contribution in [0.2, 0.25) is 0 Å². The minimum Gasteiger partial charge on any atom is -0.462 e. The number of rotatable bonds is 78. The molecular formula is C81H158O17P2.